The lowest BCUT2D eigenvalue weighted by Gasteiger charge is -2.36. The fraction of sp³-hybridized carbons (Fsp3) is 0.294. The molecule has 0 spiro atoms. The van der Waals surface area contributed by atoms with Gasteiger partial charge in [0.1, 0.15) is 5.82 Å². The average molecular weight is 331 g/mol. The van der Waals surface area contributed by atoms with Crippen LogP contribution in [0.2, 0.25) is 5.02 Å². The van der Waals surface area contributed by atoms with Crippen molar-refractivity contribution in [3.63, 3.8) is 0 Å². The first kappa shape index (κ1) is 15.6. The van der Waals surface area contributed by atoms with Gasteiger partial charge in [0.05, 0.1) is 0 Å². The van der Waals surface area contributed by atoms with Crippen LogP contribution in [0.15, 0.2) is 42.6 Å². The predicted molar refractivity (Wildman–Crippen MR) is 93.2 cm³/mol. The van der Waals surface area contributed by atoms with Crippen LogP contribution in [0.5, 0.6) is 0 Å². The summed E-state index contributed by atoms with van der Waals surface area (Å²) in [6.07, 6.45) is 1.66. The van der Waals surface area contributed by atoms with Crippen LogP contribution in [0, 0.1) is 6.92 Å². The van der Waals surface area contributed by atoms with E-state index in [1.807, 2.05) is 35.2 Å². The summed E-state index contributed by atoms with van der Waals surface area (Å²) in [4.78, 5) is 20.5. The van der Waals surface area contributed by atoms with Crippen LogP contribution >= 0.6 is 11.6 Å². The number of benzene rings is 1. The van der Waals surface area contributed by atoms with Gasteiger partial charge in [-0.25, -0.2) is 9.78 Å². The smallest absolute Gasteiger partial charge is 0.323 e. The maximum Gasteiger partial charge on any atom is 0.323 e. The minimum Gasteiger partial charge on any atom is -0.368 e. The second kappa shape index (κ2) is 6.87. The summed E-state index contributed by atoms with van der Waals surface area (Å²) >= 11 is 6.10. The van der Waals surface area contributed by atoms with Gasteiger partial charge < -0.3 is 9.80 Å². The minimum atomic E-state index is -0.105. The molecule has 0 saturated carbocycles. The maximum atomic E-state index is 12.3. The molecule has 1 fully saturated rings. The fourth-order valence-corrected chi connectivity index (χ4v) is 2.87. The van der Waals surface area contributed by atoms with Crippen molar-refractivity contribution in [2.75, 3.05) is 36.4 Å². The van der Waals surface area contributed by atoms with Crippen LogP contribution < -0.4 is 10.2 Å². The number of aromatic nitrogens is 1. The first-order valence-electron chi connectivity index (χ1n) is 7.61. The van der Waals surface area contributed by atoms with E-state index in [2.05, 4.69) is 22.1 Å². The van der Waals surface area contributed by atoms with E-state index in [-0.39, 0.29) is 6.03 Å². The van der Waals surface area contributed by atoms with Gasteiger partial charge in [0, 0.05) is 43.1 Å². The number of anilines is 2. The number of aryl methyl sites for hydroxylation is 1. The quantitative estimate of drug-likeness (QED) is 0.918. The number of nitrogens with one attached hydrogen (secondary N) is 1. The van der Waals surface area contributed by atoms with E-state index in [4.69, 9.17) is 11.6 Å². The molecule has 2 amide bonds. The third kappa shape index (κ3) is 3.74. The maximum absolute atomic E-state index is 12.3. The predicted octanol–water partition coefficient (Wildman–Crippen LogP) is 3.40. The van der Waals surface area contributed by atoms with Gasteiger partial charge in [-0.1, -0.05) is 23.7 Å². The lowest BCUT2D eigenvalue weighted by molar-refractivity contribution is 0.208. The van der Waals surface area contributed by atoms with E-state index >= 15 is 0 Å². The van der Waals surface area contributed by atoms with Crippen LogP contribution in [-0.2, 0) is 0 Å². The zero-order valence-corrected chi connectivity index (χ0v) is 13.8. The van der Waals surface area contributed by atoms with Gasteiger partial charge in [0.25, 0.3) is 0 Å². The second-order valence-electron chi connectivity index (χ2n) is 5.55. The van der Waals surface area contributed by atoms with Crippen LogP contribution in [-0.4, -0.2) is 42.1 Å². The summed E-state index contributed by atoms with van der Waals surface area (Å²) in [6.45, 7) is 4.99. The highest BCUT2D eigenvalue weighted by Crippen LogP contribution is 2.25. The standard InChI is InChI=1S/C17H19ClN4O/c1-13-5-6-14(18)12-15(13)21-8-10-22(11-9-21)17(23)20-16-4-2-3-7-19-16/h2-7,12H,8-11H2,1H3,(H,19,20,23). The molecule has 0 bridgehead atoms. The largest absolute Gasteiger partial charge is 0.368 e. The van der Waals surface area contributed by atoms with Crippen molar-refractivity contribution in [1.29, 1.82) is 0 Å². The van der Waals surface area contributed by atoms with Gasteiger partial charge in [-0.3, -0.25) is 5.32 Å². The summed E-state index contributed by atoms with van der Waals surface area (Å²) in [7, 11) is 0. The number of nitrogens with zero attached hydrogens (tertiary/aromatic N) is 3. The molecule has 6 heteroatoms. The molecule has 0 unspecified atom stereocenters. The Bertz CT molecular complexity index is 684. The van der Waals surface area contributed by atoms with Gasteiger partial charge in [-0.05, 0) is 36.8 Å². The Balaban J connectivity index is 1.60. The molecule has 1 N–H and O–H groups in total. The zero-order valence-electron chi connectivity index (χ0n) is 13.0. The SMILES string of the molecule is Cc1ccc(Cl)cc1N1CCN(C(=O)Nc2ccccn2)CC1. The number of carbonyl (C=O) groups excluding carboxylic acids is 1. The molecule has 120 valence electrons. The Morgan fingerprint density at radius 3 is 2.65 bits per heavy atom. The molecule has 5 nitrogen and oxygen atoms in total. The molecule has 1 aromatic heterocycles. The van der Waals surface area contributed by atoms with Gasteiger partial charge in [-0.2, -0.15) is 0 Å². The number of pyridine rings is 1. The van der Waals surface area contributed by atoms with Gasteiger partial charge >= 0.3 is 6.03 Å². The molecule has 1 aliphatic heterocycles. The molecule has 23 heavy (non-hydrogen) atoms. The Morgan fingerprint density at radius 2 is 1.96 bits per heavy atom. The van der Waals surface area contributed by atoms with Crippen molar-refractivity contribution >= 4 is 29.1 Å². The van der Waals surface area contributed by atoms with Crippen molar-refractivity contribution in [2.45, 2.75) is 6.92 Å². The van der Waals surface area contributed by atoms with Gasteiger partial charge in [-0.15, -0.1) is 0 Å². The molecule has 0 atom stereocenters. The molecule has 1 aromatic carbocycles. The lowest BCUT2D eigenvalue weighted by atomic mass is 10.1. The number of amides is 2. The summed E-state index contributed by atoms with van der Waals surface area (Å²) in [6, 6.07) is 11.3. The molecule has 0 aliphatic carbocycles. The van der Waals surface area contributed by atoms with E-state index in [0.717, 1.165) is 23.8 Å². The van der Waals surface area contributed by atoms with E-state index in [1.165, 1.54) is 5.56 Å². The summed E-state index contributed by atoms with van der Waals surface area (Å²) in [5.41, 5.74) is 2.34. The molecular weight excluding hydrogens is 312 g/mol. The van der Waals surface area contributed by atoms with E-state index in [1.54, 1.807) is 12.3 Å². The monoisotopic (exact) mass is 330 g/mol. The number of urea groups is 1. The molecule has 1 saturated heterocycles. The summed E-state index contributed by atoms with van der Waals surface area (Å²) in [5, 5.41) is 3.56. The number of piperazine rings is 1. The lowest BCUT2D eigenvalue weighted by Crippen LogP contribution is -2.50. The Hall–Kier alpha value is -2.27. The van der Waals surface area contributed by atoms with E-state index in [9.17, 15) is 4.79 Å². The van der Waals surface area contributed by atoms with Crippen LogP contribution in [0.3, 0.4) is 0 Å². The van der Waals surface area contributed by atoms with Crippen molar-refractivity contribution in [3.05, 3.63) is 53.2 Å². The minimum absolute atomic E-state index is 0.105. The Labute approximate surface area is 140 Å². The van der Waals surface area contributed by atoms with Crippen LogP contribution in [0.4, 0.5) is 16.3 Å². The number of hydrogen-bond donors (Lipinski definition) is 1. The second-order valence-corrected chi connectivity index (χ2v) is 5.99. The van der Waals surface area contributed by atoms with Gasteiger partial charge in [0.15, 0.2) is 0 Å². The van der Waals surface area contributed by atoms with E-state index in [0.29, 0.717) is 18.9 Å². The first-order valence-corrected chi connectivity index (χ1v) is 7.99. The zero-order chi connectivity index (χ0) is 16.2. The molecule has 2 aromatic rings. The third-order valence-electron chi connectivity index (χ3n) is 3.98. The van der Waals surface area contributed by atoms with Crippen LogP contribution in [0.25, 0.3) is 0 Å². The third-order valence-corrected chi connectivity index (χ3v) is 4.21. The van der Waals surface area contributed by atoms with E-state index < -0.39 is 0 Å². The van der Waals surface area contributed by atoms with Crippen LogP contribution in [0.1, 0.15) is 5.56 Å². The van der Waals surface area contributed by atoms with Crippen molar-refractivity contribution in [3.8, 4) is 0 Å². The number of hydrogen-bond acceptors (Lipinski definition) is 3. The highest BCUT2D eigenvalue weighted by molar-refractivity contribution is 6.30. The highest BCUT2D eigenvalue weighted by Gasteiger charge is 2.22. The Kier molecular flexibility index (Phi) is 4.67. The van der Waals surface area contributed by atoms with Crippen molar-refractivity contribution in [2.24, 2.45) is 0 Å². The van der Waals surface area contributed by atoms with Crippen molar-refractivity contribution in [1.82, 2.24) is 9.88 Å². The highest BCUT2D eigenvalue weighted by atomic mass is 35.5. The fourth-order valence-electron chi connectivity index (χ4n) is 2.70. The molecule has 0 radical (unpaired) electrons. The summed E-state index contributed by atoms with van der Waals surface area (Å²) < 4.78 is 0. The topological polar surface area (TPSA) is 48.5 Å². The molecule has 2 heterocycles. The molecule has 3 rings (SSSR count). The number of rotatable bonds is 2. The Morgan fingerprint density at radius 1 is 1.17 bits per heavy atom. The average Bonchev–Trinajstić information content (AvgIpc) is 2.58. The number of carbonyl (C=O) groups is 1. The first-order chi connectivity index (χ1) is 11.1. The van der Waals surface area contributed by atoms with Gasteiger partial charge in [0.2, 0.25) is 0 Å². The number of halogens is 1. The molecule has 1 aliphatic rings. The van der Waals surface area contributed by atoms with Crippen molar-refractivity contribution < 1.29 is 4.79 Å². The molecular formula is C17H19ClN4O. The normalized spacial score (nSPS) is 14.7. The summed E-state index contributed by atoms with van der Waals surface area (Å²) in [5.74, 6) is 0.575.